The van der Waals surface area contributed by atoms with Crippen LogP contribution in [-0.4, -0.2) is 10.1 Å². The summed E-state index contributed by atoms with van der Waals surface area (Å²) >= 11 is 11.9. The van der Waals surface area contributed by atoms with E-state index in [0.717, 1.165) is 0 Å². The number of nitrogens with one attached hydrogen (secondary N) is 1. The number of halogens is 2. The van der Waals surface area contributed by atoms with Crippen molar-refractivity contribution in [2.45, 2.75) is 0 Å². The molecule has 2 heterocycles. The molecule has 0 bridgehead atoms. The van der Waals surface area contributed by atoms with E-state index in [0.29, 0.717) is 32.4 Å². The fraction of sp³-hybridized carbons (Fsp3) is 0. The molecule has 3 aromatic rings. The van der Waals surface area contributed by atoms with E-state index in [1.807, 2.05) is 0 Å². The monoisotopic (exact) mass is 321 g/mol. The Morgan fingerprint density at radius 3 is 2.62 bits per heavy atom. The van der Waals surface area contributed by atoms with Crippen LogP contribution < -0.4 is 11.3 Å². The Hall–Kier alpha value is -2.24. The molecule has 0 spiro atoms. The number of aromatic amines is 1. The van der Waals surface area contributed by atoms with Gasteiger partial charge in [0, 0.05) is 17.8 Å². The average Bonchev–Trinajstić information content (AvgIpc) is 2.84. The number of nitrogens with zero attached hydrogens (tertiary/aromatic N) is 1. The van der Waals surface area contributed by atoms with Crippen LogP contribution in [-0.2, 0) is 0 Å². The number of pyridine rings is 1. The first-order valence-electron chi connectivity index (χ1n) is 5.96. The van der Waals surface area contributed by atoms with Crippen LogP contribution in [0.2, 0.25) is 10.0 Å². The third-order valence-electron chi connectivity index (χ3n) is 2.98. The van der Waals surface area contributed by atoms with Crippen LogP contribution in [0.25, 0.3) is 22.4 Å². The lowest BCUT2D eigenvalue weighted by molar-refractivity contribution is 0.439. The molecule has 0 saturated carbocycles. The highest BCUT2D eigenvalue weighted by atomic mass is 35.5. The lowest BCUT2D eigenvalue weighted by Gasteiger charge is -2.04. The maximum absolute atomic E-state index is 11.4. The largest absolute Gasteiger partial charge is 0.367 e. The molecule has 21 heavy (non-hydrogen) atoms. The molecular formula is C14H9Cl2N3O2. The molecule has 0 amide bonds. The van der Waals surface area contributed by atoms with Gasteiger partial charge < -0.3 is 15.2 Å². The zero-order valence-electron chi connectivity index (χ0n) is 10.6. The van der Waals surface area contributed by atoms with Crippen LogP contribution in [0.3, 0.4) is 0 Å². The highest BCUT2D eigenvalue weighted by Gasteiger charge is 2.18. The molecule has 3 rings (SSSR count). The Bertz CT molecular complexity index is 871. The van der Waals surface area contributed by atoms with Crippen molar-refractivity contribution in [3.63, 3.8) is 0 Å². The number of nitrogens with two attached hydrogens (primary N) is 1. The molecule has 0 fully saturated rings. The maximum atomic E-state index is 11.4. The van der Waals surface area contributed by atoms with Gasteiger partial charge in [-0.15, -0.1) is 0 Å². The van der Waals surface area contributed by atoms with E-state index in [-0.39, 0.29) is 11.4 Å². The molecule has 0 radical (unpaired) electrons. The summed E-state index contributed by atoms with van der Waals surface area (Å²) in [6.45, 7) is 0. The van der Waals surface area contributed by atoms with Crippen LogP contribution in [0.1, 0.15) is 0 Å². The zero-order valence-corrected chi connectivity index (χ0v) is 12.1. The van der Waals surface area contributed by atoms with Crippen molar-refractivity contribution in [1.82, 2.24) is 10.1 Å². The van der Waals surface area contributed by atoms with E-state index < -0.39 is 0 Å². The summed E-state index contributed by atoms with van der Waals surface area (Å²) in [5.41, 5.74) is 7.95. The van der Waals surface area contributed by atoms with Crippen molar-refractivity contribution in [3.8, 4) is 22.4 Å². The first-order chi connectivity index (χ1) is 10.1. The van der Waals surface area contributed by atoms with Gasteiger partial charge in [-0.1, -0.05) is 34.4 Å². The molecule has 1 aromatic carbocycles. The molecule has 0 aliphatic heterocycles. The molecule has 3 N–H and O–H groups in total. The predicted octanol–water partition coefficient (Wildman–Crippen LogP) is 3.59. The van der Waals surface area contributed by atoms with Gasteiger partial charge in [-0.25, -0.2) is 0 Å². The van der Waals surface area contributed by atoms with Gasteiger partial charge in [0.15, 0.2) is 0 Å². The Balaban J connectivity index is 2.21. The number of H-pyrrole nitrogens is 1. The first kappa shape index (κ1) is 13.7. The number of benzene rings is 1. The summed E-state index contributed by atoms with van der Waals surface area (Å²) in [5, 5.41) is 4.76. The van der Waals surface area contributed by atoms with E-state index in [2.05, 4.69) is 10.1 Å². The van der Waals surface area contributed by atoms with Crippen LogP contribution in [0.15, 0.2) is 45.8 Å². The first-order valence-corrected chi connectivity index (χ1v) is 6.71. The number of hydrogen-bond acceptors (Lipinski definition) is 4. The van der Waals surface area contributed by atoms with Gasteiger partial charge >= 0.3 is 0 Å². The van der Waals surface area contributed by atoms with Gasteiger partial charge in [0.1, 0.15) is 5.69 Å². The number of rotatable bonds is 2. The second-order valence-corrected chi connectivity index (χ2v) is 5.16. The second-order valence-electron chi connectivity index (χ2n) is 4.34. The highest BCUT2D eigenvalue weighted by molar-refractivity contribution is 6.42. The van der Waals surface area contributed by atoms with Crippen molar-refractivity contribution in [1.29, 1.82) is 0 Å². The van der Waals surface area contributed by atoms with Crippen molar-refractivity contribution >= 4 is 29.1 Å². The Morgan fingerprint density at radius 1 is 1.10 bits per heavy atom. The minimum Gasteiger partial charge on any atom is -0.367 e. The zero-order chi connectivity index (χ0) is 15.0. The smallest absolute Gasteiger partial charge is 0.248 e. The fourth-order valence-corrected chi connectivity index (χ4v) is 2.32. The van der Waals surface area contributed by atoms with E-state index in [9.17, 15) is 4.79 Å². The van der Waals surface area contributed by atoms with Gasteiger partial charge in [0.2, 0.25) is 11.4 Å². The van der Waals surface area contributed by atoms with Crippen molar-refractivity contribution in [3.05, 3.63) is 56.9 Å². The summed E-state index contributed by atoms with van der Waals surface area (Å²) in [6, 6.07) is 8.21. The van der Waals surface area contributed by atoms with Crippen LogP contribution in [0.4, 0.5) is 5.88 Å². The van der Waals surface area contributed by atoms with E-state index >= 15 is 0 Å². The summed E-state index contributed by atoms with van der Waals surface area (Å²) in [6.07, 6.45) is 1.53. The lowest BCUT2D eigenvalue weighted by Crippen LogP contribution is -2.02. The SMILES string of the molecule is Nc1onc(-c2cc[nH]c(=O)c2)c1-c1ccc(Cl)c(Cl)c1. The number of anilines is 1. The Labute approximate surface area is 129 Å². The van der Waals surface area contributed by atoms with Crippen LogP contribution >= 0.6 is 23.2 Å². The molecule has 7 heteroatoms. The Morgan fingerprint density at radius 2 is 1.90 bits per heavy atom. The molecule has 0 saturated heterocycles. The quantitative estimate of drug-likeness (QED) is 0.755. The number of nitrogen functional groups attached to an aromatic ring is 1. The molecular weight excluding hydrogens is 313 g/mol. The molecule has 0 unspecified atom stereocenters. The summed E-state index contributed by atoms with van der Waals surface area (Å²) in [5.74, 6) is 0.142. The second kappa shape index (κ2) is 5.27. The van der Waals surface area contributed by atoms with Crippen LogP contribution in [0, 0.1) is 0 Å². The number of aromatic nitrogens is 2. The summed E-state index contributed by atoms with van der Waals surface area (Å²) in [4.78, 5) is 14.0. The summed E-state index contributed by atoms with van der Waals surface area (Å²) < 4.78 is 5.05. The lowest BCUT2D eigenvalue weighted by atomic mass is 10.0. The van der Waals surface area contributed by atoms with Gasteiger partial charge in [-0.3, -0.25) is 4.79 Å². The normalized spacial score (nSPS) is 10.8. The third-order valence-corrected chi connectivity index (χ3v) is 3.71. The molecule has 0 aliphatic rings. The summed E-state index contributed by atoms with van der Waals surface area (Å²) in [7, 11) is 0. The van der Waals surface area contributed by atoms with Gasteiger partial charge in [-0.2, -0.15) is 0 Å². The highest BCUT2D eigenvalue weighted by Crippen LogP contribution is 2.37. The van der Waals surface area contributed by atoms with E-state index in [1.54, 1.807) is 24.3 Å². The molecule has 0 atom stereocenters. The van der Waals surface area contributed by atoms with Crippen LogP contribution in [0.5, 0.6) is 0 Å². The van der Waals surface area contributed by atoms with Gasteiger partial charge in [0.25, 0.3) is 0 Å². The van der Waals surface area contributed by atoms with E-state index in [4.69, 9.17) is 33.5 Å². The molecule has 5 nitrogen and oxygen atoms in total. The molecule has 2 aromatic heterocycles. The van der Waals surface area contributed by atoms with Crippen molar-refractivity contribution in [2.75, 3.05) is 5.73 Å². The third kappa shape index (κ3) is 2.53. The average molecular weight is 322 g/mol. The van der Waals surface area contributed by atoms with Gasteiger partial charge in [0.05, 0.1) is 15.6 Å². The van der Waals surface area contributed by atoms with Crippen molar-refractivity contribution in [2.24, 2.45) is 0 Å². The minimum atomic E-state index is -0.242. The van der Waals surface area contributed by atoms with Gasteiger partial charge in [-0.05, 0) is 23.8 Å². The van der Waals surface area contributed by atoms with E-state index in [1.165, 1.54) is 12.3 Å². The Kier molecular flexibility index (Phi) is 3.45. The predicted molar refractivity (Wildman–Crippen MR) is 82.4 cm³/mol. The maximum Gasteiger partial charge on any atom is 0.248 e. The molecule has 106 valence electrons. The number of hydrogen-bond donors (Lipinski definition) is 2. The fourth-order valence-electron chi connectivity index (χ4n) is 2.02. The minimum absolute atomic E-state index is 0.142. The molecule has 0 aliphatic carbocycles. The standard InChI is InChI=1S/C14H9Cl2N3O2/c15-9-2-1-7(5-10(9)16)12-13(19-21-14(12)17)8-3-4-18-11(20)6-8/h1-6H,17H2,(H,18,20). The topological polar surface area (TPSA) is 84.9 Å². The van der Waals surface area contributed by atoms with Crippen molar-refractivity contribution < 1.29 is 4.52 Å².